The number of hydrogen-bond acceptors (Lipinski definition) is 3. The number of carbonyl (C=O) groups is 2. The van der Waals surface area contributed by atoms with Crippen LogP contribution in [0.4, 0.5) is 0 Å². The summed E-state index contributed by atoms with van der Waals surface area (Å²) < 4.78 is 5.85. The first-order valence-electron chi connectivity index (χ1n) is 8.19. The lowest BCUT2D eigenvalue weighted by Gasteiger charge is -2.45. The van der Waals surface area contributed by atoms with Crippen molar-refractivity contribution < 1.29 is 14.3 Å². The fourth-order valence-corrected chi connectivity index (χ4v) is 3.26. The second kappa shape index (κ2) is 6.34. The molecule has 2 heterocycles. The first-order valence-corrected chi connectivity index (χ1v) is 8.19. The summed E-state index contributed by atoms with van der Waals surface area (Å²) in [6.45, 7) is 8.39. The van der Waals surface area contributed by atoms with Crippen molar-refractivity contribution in [1.82, 2.24) is 10.2 Å². The number of nitrogens with one attached hydrogen (secondary N) is 1. The summed E-state index contributed by atoms with van der Waals surface area (Å²) in [6, 6.07) is -0.346. The summed E-state index contributed by atoms with van der Waals surface area (Å²) >= 11 is 0. The predicted octanol–water partition coefficient (Wildman–Crippen LogP) is 1.85. The molecule has 2 saturated heterocycles. The molecule has 5 heteroatoms. The van der Waals surface area contributed by atoms with E-state index in [1.54, 1.807) is 4.90 Å². The van der Waals surface area contributed by atoms with Crippen LogP contribution in [-0.2, 0) is 14.3 Å². The van der Waals surface area contributed by atoms with Gasteiger partial charge in [-0.1, -0.05) is 20.3 Å². The molecule has 2 rings (SSSR count). The van der Waals surface area contributed by atoms with Crippen LogP contribution in [0.2, 0.25) is 0 Å². The highest BCUT2D eigenvalue weighted by Gasteiger charge is 2.47. The maximum atomic E-state index is 12.8. The van der Waals surface area contributed by atoms with Crippen LogP contribution >= 0.6 is 0 Å². The molecule has 4 unspecified atom stereocenters. The first-order chi connectivity index (χ1) is 9.91. The molecular formula is C16H28N2O3. The van der Waals surface area contributed by atoms with E-state index in [0.29, 0.717) is 19.4 Å². The zero-order chi connectivity index (χ0) is 15.6. The Kier molecular flexibility index (Phi) is 4.91. The Morgan fingerprint density at radius 1 is 1.33 bits per heavy atom. The number of nitrogens with zero attached hydrogens (tertiary/aromatic N) is 1. The first kappa shape index (κ1) is 16.3. The van der Waals surface area contributed by atoms with E-state index in [1.165, 1.54) is 0 Å². The lowest BCUT2D eigenvalue weighted by atomic mass is 9.90. The van der Waals surface area contributed by atoms with Gasteiger partial charge in [-0.2, -0.15) is 0 Å². The van der Waals surface area contributed by atoms with Gasteiger partial charge in [0, 0.05) is 6.54 Å². The Labute approximate surface area is 127 Å². The second-order valence-electron chi connectivity index (χ2n) is 6.58. The van der Waals surface area contributed by atoms with E-state index in [4.69, 9.17) is 4.74 Å². The van der Waals surface area contributed by atoms with Crippen molar-refractivity contribution in [1.29, 1.82) is 0 Å². The quantitative estimate of drug-likeness (QED) is 0.842. The standard InChI is InChI=1S/C16H28N2O3/c1-5-7-13-14(19)17-16(4,6-2)15(20)18(13)10-12-9-8-11(3)21-12/h11-13H,5-10H2,1-4H3,(H,17,19). The van der Waals surface area contributed by atoms with Gasteiger partial charge in [0.2, 0.25) is 11.8 Å². The van der Waals surface area contributed by atoms with Crippen molar-refractivity contribution in [2.75, 3.05) is 6.54 Å². The number of hydrogen-bond donors (Lipinski definition) is 1. The third kappa shape index (κ3) is 3.23. The van der Waals surface area contributed by atoms with Crippen molar-refractivity contribution in [3.8, 4) is 0 Å². The summed E-state index contributed by atoms with van der Waals surface area (Å²) in [4.78, 5) is 27.0. The van der Waals surface area contributed by atoms with Crippen molar-refractivity contribution in [2.24, 2.45) is 0 Å². The van der Waals surface area contributed by atoms with Crippen LogP contribution in [0.1, 0.15) is 59.8 Å². The largest absolute Gasteiger partial charge is 0.373 e. The molecule has 0 aliphatic carbocycles. The zero-order valence-corrected chi connectivity index (χ0v) is 13.6. The molecule has 1 N–H and O–H groups in total. The van der Waals surface area contributed by atoms with E-state index < -0.39 is 5.54 Å². The Balaban J connectivity index is 2.17. The smallest absolute Gasteiger partial charge is 0.248 e. The molecule has 21 heavy (non-hydrogen) atoms. The molecule has 0 radical (unpaired) electrons. The molecule has 2 aliphatic rings. The summed E-state index contributed by atoms with van der Waals surface area (Å²) in [5, 5.41) is 2.92. The highest BCUT2D eigenvalue weighted by atomic mass is 16.5. The van der Waals surface area contributed by atoms with Crippen molar-refractivity contribution >= 4 is 11.8 Å². The highest BCUT2D eigenvalue weighted by molar-refractivity contribution is 5.99. The molecule has 4 atom stereocenters. The summed E-state index contributed by atoms with van der Waals surface area (Å²) in [5.74, 6) is 0.0121. The summed E-state index contributed by atoms with van der Waals surface area (Å²) in [7, 11) is 0. The Morgan fingerprint density at radius 2 is 2.05 bits per heavy atom. The highest BCUT2D eigenvalue weighted by Crippen LogP contribution is 2.27. The number of ether oxygens (including phenoxy) is 1. The lowest BCUT2D eigenvalue weighted by molar-refractivity contribution is -0.156. The molecule has 0 aromatic heterocycles. The van der Waals surface area contributed by atoms with Crippen LogP contribution in [0.15, 0.2) is 0 Å². The van der Waals surface area contributed by atoms with Gasteiger partial charge in [-0.15, -0.1) is 0 Å². The van der Waals surface area contributed by atoms with E-state index in [0.717, 1.165) is 19.3 Å². The van der Waals surface area contributed by atoms with Gasteiger partial charge in [-0.25, -0.2) is 0 Å². The van der Waals surface area contributed by atoms with E-state index in [-0.39, 0.29) is 30.1 Å². The van der Waals surface area contributed by atoms with Gasteiger partial charge in [0.05, 0.1) is 12.2 Å². The van der Waals surface area contributed by atoms with E-state index in [9.17, 15) is 9.59 Å². The van der Waals surface area contributed by atoms with Gasteiger partial charge >= 0.3 is 0 Å². The number of carbonyl (C=O) groups excluding carboxylic acids is 2. The molecule has 5 nitrogen and oxygen atoms in total. The van der Waals surface area contributed by atoms with Gasteiger partial charge in [0.15, 0.2) is 0 Å². The van der Waals surface area contributed by atoms with Crippen LogP contribution in [-0.4, -0.2) is 47.0 Å². The normalized spacial score (nSPS) is 37.0. The topological polar surface area (TPSA) is 58.6 Å². The fraction of sp³-hybridized carbons (Fsp3) is 0.875. The minimum Gasteiger partial charge on any atom is -0.373 e. The Morgan fingerprint density at radius 3 is 2.57 bits per heavy atom. The van der Waals surface area contributed by atoms with Crippen molar-refractivity contribution in [2.45, 2.75) is 83.6 Å². The predicted molar refractivity (Wildman–Crippen MR) is 80.8 cm³/mol. The van der Waals surface area contributed by atoms with Crippen LogP contribution in [0, 0.1) is 0 Å². The molecule has 0 bridgehead atoms. The molecule has 2 fully saturated rings. The van der Waals surface area contributed by atoms with E-state index >= 15 is 0 Å². The average Bonchev–Trinajstić information content (AvgIpc) is 2.85. The summed E-state index contributed by atoms with van der Waals surface area (Å²) in [5.41, 5.74) is -0.772. The van der Waals surface area contributed by atoms with Crippen LogP contribution in [0.3, 0.4) is 0 Å². The third-order valence-corrected chi connectivity index (χ3v) is 4.80. The van der Waals surface area contributed by atoms with Gasteiger partial charge in [0.25, 0.3) is 0 Å². The maximum Gasteiger partial charge on any atom is 0.248 e. The molecule has 0 aromatic rings. The Hall–Kier alpha value is -1.10. The molecular weight excluding hydrogens is 268 g/mol. The van der Waals surface area contributed by atoms with E-state index in [2.05, 4.69) is 12.2 Å². The maximum absolute atomic E-state index is 12.8. The average molecular weight is 296 g/mol. The van der Waals surface area contributed by atoms with Crippen LogP contribution in [0.25, 0.3) is 0 Å². The molecule has 120 valence electrons. The molecule has 0 saturated carbocycles. The van der Waals surface area contributed by atoms with Gasteiger partial charge < -0.3 is 15.0 Å². The number of amides is 2. The van der Waals surface area contributed by atoms with Gasteiger partial charge in [-0.05, 0) is 39.5 Å². The van der Waals surface area contributed by atoms with Crippen molar-refractivity contribution in [3.63, 3.8) is 0 Å². The van der Waals surface area contributed by atoms with Gasteiger partial charge in [-0.3, -0.25) is 9.59 Å². The van der Waals surface area contributed by atoms with Gasteiger partial charge in [0.1, 0.15) is 11.6 Å². The van der Waals surface area contributed by atoms with E-state index in [1.807, 2.05) is 20.8 Å². The minimum absolute atomic E-state index is 0.0214. The number of rotatable bonds is 5. The third-order valence-electron chi connectivity index (χ3n) is 4.80. The number of piperazine rings is 1. The fourth-order valence-electron chi connectivity index (χ4n) is 3.26. The SMILES string of the molecule is CCCC1C(=O)NC(C)(CC)C(=O)N1CC1CCC(C)O1. The molecule has 0 aromatic carbocycles. The lowest BCUT2D eigenvalue weighted by Crippen LogP contribution is -2.69. The summed E-state index contributed by atoms with van der Waals surface area (Å²) in [6.07, 6.45) is 4.51. The Bertz CT molecular complexity index is 412. The molecule has 2 aliphatic heterocycles. The minimum atomic E-state index is -0.772. The monoisotopic (exact) mass is 296 g/mol. The van der Waals surface area contributed by atoms with Crippen molar-refractivity contribution in [3.05, 3.63) is 0 Å². The molecule has 0 spiro atoms. The van der Waals surface area contributed by atoms with Crippen LogP contribution in [0.5, 0.6) is 0 Å². The van der Waals surface area contributed by atoms with Crippen LogP contribution < -0.4 is 5.32 Å². The zero-order valence-electron chi connectivity index (χ0n) is 13.6. The molecule has 2 amide bonds. The second-order valence-corrected chi connectivity index (χ2v) is 6.58.